The number of rotatable bonds is 5. The number of esters is 1. The number of methoxy groups -OCH3 is 1. The van der Waals surface area contributed by atoms with E-state index in [9.17, 15) is 9.59 Å². The molecule has 0 aromatic heterocycles. The Kier molecular flexibility index (Phi) is 5.96. The van der Waals surface area contributed by atoms with Gasteiger partial charge in [0.25, 0.3) is 0 Å². The molecule has 0 spiro atoms. The average Bonchev–Trinajstić information content (AvgIpc) is 3.13. The molecule has 0 heterocycles. The van der Waals surface area contributed by atoms with E-state index in [0.717, 1.165) is 16.7 Å². The van der Waals surface area contributed by atoms with E-state index in [1.165, 1.54) is 18.2 Å². The summed E-state index contributed by atoms with van der Waals surface area (Å²) in [6, 6.07) is 19.7. The summed E-state index contributed by atoms with van der Waals surface area (Å²) in [5.41, 5.74) is 7.19. The highest BCUT2D eigenvalue weighted by molar-refractivity contribution is 5.86. The Morgan fingerprint density at radius 1 is 1.03 bits per heavy atom. The second-order valence-corrected chi connectivity index (χ2v) is 7.66. The molecule has 1 aliphatic rings. The Bertz CT molecular complexity index is 1190. The summed E-state index contributed by atoms with van der Waals surface area (Å²) < 4.78 is 10.4. The number of hydrogen-bond acceptors (Lipinski definition) is 4. The summed E-state index contributed by atoms with van der Waals surface area (Å²) in [7, 11) is 1.33. The van der Waals surface area contributed by atoms with Crippen molar-refractivity contribution in [1.29, 1.82) is 0 Å². The quantitative estimate of drug-likeness (QED) is 0.459. The lowest BCUT2D eigenvalue weighted by atomic mass is 9.98. The molecule has 0 unspecified atom stereocenters. The number of fused-ring (bicyclic) bond motifs is 3. The van der Waals surface area contributed by atoms with Gasteiger partial charge in [-0.1, -0.05) is 54.5 Å². The van der Waals surface area contributed by atoms with Crippen molar-refractivity contribution in [3.05, 3.63) is 88.5 Å². The van der Waals surface area contributed by atoms with Crippen molar-refractivity contribution in [2.24, 2.45) is 0 Å². The fourth-order valence-electron chi connectivity index (χ4n) is 4.16. The van der Waals surface area contributed by atoms with Crippen molar-refractivity contribution in [3.8, 4) is 23.5 Å². The van der Waals surface area contributed by atoms with Gasteiger partial charge < -0.3 is 9.47 Å². The number of terminal acetylenes is 1. The lowest BCUT2D eigenvalue weighted by Gasteiger charge is -2.15. The van der Waals surface area contributed by atoms with Gasteiger partial charge in [-0.2, -0.15) is 0 Å². The van der Waals surface area contributed by atoms with Gasteiger partial charge in [-0.15, -0.1) is 6.42 Å². The number of benzene rings is 3. The summed E-state index contributed by atoms with van der Waals surface area (Å²) in [5.74, 6) is 2.19. The molecule has 32 heavy (non-hydrogen) atoms. The van der Waals surface area contributed by atoms with Gasteiger partial charge in [0.1, 0.15) is 6.61 Å². The summed E-state index contributed by atoms with van der Waals surface area (Å²) >= 11 is 0. The van der Waals surface area contributed by atoms with Crippen LogP contribution in [0.2, 0.25) is 0 Å². The zero-order chi connectivity index (χ0) is 22.7. The predicted octanol–water partition coefficient (Wildman–Crippen LogP) is 5.05. The molecular formula is C27H23NO4. The highest BCUT2D eigenvalue weighted by Gasteiger charge is 2.29. The van der Waals surface area contributed by atoms with Crippen LogP contribution in [0.15, 0.2) is 60.7 Å². The lowest BCUT2D eigenvalue weighted by molar-refractivity contribution is -0.139. The fourth-order valence-corrected chi connectivity index (χ4v) is 4.16. The van der Waals surface area contributed by atoms with Crippen molar-refractivity contribution < 1.29 is 19.1 Å². The van der Waals surface area contributed by atoms with E-state index in [1.54, 1.807) is 12.1 Å². The summed E-state index contributed by atoms with van der Waals surface area (Å²) in [6.45, 7) is 2.05. The molecule has 0 aliphatic heterocycles. The van der Waals surface area contributed by atoms with Crippen LogP contribution in [0.5, 0.6) is 0 Å². The molecule has 1 N–H and O–H groups in total. The number of nitrogens with one attached hydrogen (secondary N) is 1. The molecule has 0 radical (unpaired) electrons. The molecule has 0 fully saturated rings. The van der Waals surface area contributed by atoms with Crippen LogP contribution in [0.25, 0.3) is 11.1 Å². The highest BCUT2D eigenvalue weighted by atomic mass is 16.5. The molecule has 4 rings (SSSR count). The molecule has 3 aromatic rings. The van der Waals surface area contributed by atoms with E-state index >= 15 is 0 Å². The molecule has 3 aromatic carbocycles. The van der Waals surface area contributed by atoms with Gasteiger partial charge >= 0.3 is 12.1 Å². The first-order valence-electron chi connectivity index (χ1n) is 10.3. The van der Waals surface area contributed by atoms with Gasteiger partial charge in [-0.05, 0) is 52.4 Å². The minimum atomic E-state index is -0.581. The molecule has 0 atom stereocenters. The average molecular weight is 425 g/mol. The Labute approximate surface area is 187 Å². The van der Waals surface area contributed by atoms with Crippen LogP contribution >= 0.6 is 0 Å². The zero-order valence-corrected chi connectivity index (χ0v) is 18.0. The number of carbonyl (C=O) groups excluding carboxylic acids is 2. The van der Waals surface area contributed by atoms with E-state index in [1.807, 2.05) is 31.2 Å². The van der Waals surface area contributed by atoms with Crippen molar-refractivity contribution >= 4 is 17.7 Å². The predicted molar refractivity (Wildman–Crippen MR) is 124 cm³/mol. The molecule has 0 saturated heterocycles. The third-order valence-electron chi connectivity index (χ3n) is 5.82. The van der Waals surface area contributed by atoms with E-state index in [0.29, 0.717) is 16.8 Å². The van der Waals surface area contributed by atoms with E-state index in [2.05, 4.69) is 35.5 Å². The van der Waals surface area contributed by atoms with Crippen molar-refractivity contribution in [2.75, 3.05) is 19.0 Å². The first kappa shape index (κ1) is 21.2. The van der Waals surface area contributed by atoms with Crippen molar-refractivity contribution in [2.45, 2.75) is 19.3 Å². The fraction of sp³-hybridized carbons (Fsp3) is 0.185. The summed E-state index contributed by atoms with van der Waals surface area (Å²) in [5, 5.41) is 2.74. The maximum atomic E-state index is 12.6. The topological polar surface area (TPSA) is 64.6 Å². The molecule has 5 nitrogen and oxygen atoms in total. The second kappa shape index (κ2) is 8.99. The Morgan fingerprint density at radius 2 is 1.66 bits per heavy atom. The Balaban J connectivity index is 1.50. The maximum absolute atomic E-state index is 12.6. The first-order valence-corrected chi connectivity index (χ1v) is 10.3. The second-order valence-electron chi connectivity index (χ2n) is 7.66. The number of anilines is 1. The van der Waals surface area contributed by atoms with E-state index < -0.39 is 6.09 Å². The molecule has 5 heteroatoms. The summed E-state index contributed by atoms with van der Waals surface area (Å²) in [6.07, 6.45) is 5.09. The minimum Gasteiger partial charge on any atom is -0.469 e. The lowest BCUT2D eigenvalue weighted by Crippen LogP contribution is -2.18. The van der Waals surface area contributed by atoms with Gasteiger partial charge in [-0.25, -0.2) is 4.79 Å². The van der Waals surface area contributed by atoms with Crippen molar-refractivity contribution in [3.63, 3.8) is 0 Å². The van der Waals surface area contributed by atoms with Gasteiger partial charge in [0.15, 0.2) is 0 Å². The zero-order valence-electron chi connectivity index (χ0n) is 18.0. The number of amides is 1. The van der Waals surface area contributed by atoms with Crippen LogP contribution in [0.1, 0.15) is 33.7 Å². The van der Waals surface area contributed by atoms with Gasteiger partial charge in [0.2, 0.25) is 0 Å². The van der Waals surface area contributed by atoms with Gasteiger partial charge in [0, 0.05) is 17.2 Å². The molecule has 1 aliphatic carbocycles. The number of hydrogen-bond donors (Lipinski definition) is 1. The van der Waals surface area contributed by atoms with Gasteiger partial charge in [-0.3, -0.25) is 10.1 Å². The Hall–Kier alpha value is -4.04. The number of carbonyl (C=O) groups is 2. The third-order valence-corrected chi connectivity index (χ3v) is 5.82. The van der Waals surface area contributed by atoms with Crippen LogP contribution in [0.4, 0.5) is 10.5 Å². The smallest absolute Gasteiger partial charge is 0.411 e. The third kappa shape index (κ3) is 4.08. The maximum Gasteiger partial charge on any atom is 0.411 e. The monoisotopic (exact) mass is 425 g/mol. The number of ether oxygens (including phenoxy) is 2. The van der Waals surface area contributed by atoms with Gasteiger partial charge in [0.05, 0.1) is 13.5 Å². The molecule has 0 saturated carbocycles. The molecular weight excluding hydrogens is 402 g/mol. The van der Waals surface area contributed by atoms with Crippen LogP contribution in [-0.2, 0) is 20.7 Å². The first-order chi connectivity index (χ1) is 15.5. The molecule has 160 valence electrons. The highest BCUT2D eigenvalue weighted by Crippen LogP contribution is 2.44. The van der Waals surface area contributed by atoms with Crippen LogP contribution < -0.4 is 5.32 Å². The Morgan fingerprint density at radius 3 is 2.25 bits per heavy atom. The van der Waals surface area contributed by atoms with Crippen molar-refractivity contribution in [1.82, 2.24) is 0 Å². The van der Waals surface area contributed by atoms with E-state index in [4.69, 9.17) is 15.9 Å². The standard InChI is InChI=1S/C27H23NO4/c1-4-18-13-20(14-19(17(18)2)15-26(29)31-3)28-27(30)32-16-25-23-11-7-5-9-21(23)22-10-6-8-12-24(22)25/h1,5-14,25H,15-16H2,2-3H3,(H,28,30). The molecule has 0 bridgehead atoms. The minimum absolute atomic E-state index is 0.0256. The largest absolute Gasteiger partial charge is 0.469 e. The molecule has 1 amide bonds. The summed E-state index contributed by atoms with van der Waals surface area (Å²) in [4.78, 5) is 24.3. The van der Waals surface area contributed by atoms with Crippen LogP contribution in [-0.4, -0.2) is 25.8 Å². The van der Waals surface area contributed by atoms with E-state index in [-0.39, 0.29) is 24.9 Å². The van der Waals surface area contributed by atoms with Crippen LogP contribution in [0.3, 0.4) is 0 Å². The SMILES string of the molecule is C#Cc1cc(NC(=O)OCC2c3ccccc3-c3ccccc32)cc(CC(=O)OC)c1C. The van der Waals surface area contributed by atoms with Crippen LogP contribution in [0, 0.1) is 19.3 Å². The normalized spacial score (nSPS) is 11.8.